The number of nitrogens with zero attached hydrogens (tertiary/aromatic N) is 3. The van der Waals surface area contributed by atoms with Gasteiger partial charge in [0.2, 0.25) is 0 Å². The van der Waals surface area contributed by atoms with Crippen molar-refractivity contribution in [3.05, 3.63) is 65.7 Å². The fourth-order valence-electron chi connectivity index (χ4n) is 2.60. The van der Waals surface area contributed by atoms with Crippen LogP contribution in [0.4, 0.5) is 13.2 Å². The highest BCUT2D eigenvalue weighted by atomic mass is 19.1. The van der Waals surface area contributed by atoms with Gasteiger partial charge in [-0.25, -0.2) is 13.2 Å². The van der Waals surface area contributed by atoms with Crippen molar-refractivity contribution in [3.63, 3.8) is 0 Å². The van der Waals surface area contributed by atoms with Gasteiger partial charge in [0.05, 0.1) is 5.56 Å². The quantitative estimate of drug-likeness (QED) is 0.710. The maximum absolute atomic E-state index is 14.0. The molecule has 0 atom stereocenters. The van der Waals surface area contributed by atoms with E-state index in [9.17, 15) is 13.2 Å². The second-order valence-electron chi connectivity index (χ2n) is 6.10. The van der Waals surface area contributed by atoms with Crippen molar-refractivity contribution in [2.24, 2.45) is 7.05 Å². The fourth-order valence-corrected chi connectivity index (χ4v) is 2.60. The Labute approximate surface area is 142 Å². The van der Waals surface area contributed by atoms with E-state index in [2.05, 4.69) is 10.2 Å². The van der Waals surface area contributed by atoms with Crippen molar-refractivity contribution in [3.8, 4) is 17.1 Å². The summed E-state index contributed by atoms with van der Waals surface area (Å²) in [5, 5.41) is 8.10. The zero-order valence-electron chi connectivity index (χ0n) is 13.9. The van der Waals surface area contributed by atoms with Crippen molar-refractivity contribution < 1.29 is 17.9 Å². The summed E-state index contributed by atoms with van der Waals surface area (Å²) < 4.78 is 47.6. The van der Waals surface area contributed by atoms with Crippen LogP contribution in [0.1, 0.15) is 19.7 Å². The van der Waals surface area contributed by atoms with E-state index >= 15 is 0 Å². The maximum Gasteiger partial charge on any atom is 0.176 e. The summed E-state index contributed by atoms with van der Waals surface area (Å²) in [7, 11) is 1.67. The summed E-state index contributed by atoms with van der Waals surface area (Å²) >= 11 is 0. The van der Waals surface area contributed by atoms with Crippen LogP contribution in [0.2, 0.25) is 0 Å². The van der Waals surface area contributed by atoms with Crippen molar-refractivity contribution in [1.82, 2.24) is 14.8 Å². The first-order valence-electron chi connectivity index (χ1n) is 7.58. The summed E-state index contributed by atoms with van der Waals surface area (Å²) in [6.07, 6.45) is 0. The largest absolute Gasteiger partial charge is 0.480 e. The Hall–Kier alpha value is -2.83. The number of aromatic nitrogens is 3. The molecule has 0 N–H and O–H groups in total. The van der Waals surface area contributed by atoms with Crippen molar-refractivity contribution in [1.29, 1.82) is 0 Å². The van der Waals surface area contributed by atoms with Crippen LogP contribution in [0, 0.1) is 17.5 Å². The molecule has 0 saturated carbocycles. The molecule has 0 aliphatic heterocycles. The van der Waals surface area contributed by atoms with Crippen LogP contribution in [0.15, 0.2) is 42.5 Å². The van der Waals surface area contributed by atoms with E-state index in [1.807, 2.05) is 0 Å². The molecule has 130 valence electrons. The smallest absolute Gasteiger partial charge is 0.176 e. The third-order valence-electron chi connectivity index (χ3n) is 3.77. The molecule has 0 radical (unpaired) electrons. The highest BCUT2D eigenvalue weighted by Gasteiger charge is 2.30. The first-order valence-corrected chi connectivity index (χ1v) is 7.58. The van der Waals surface area contributed by atoms with E-state index in [4.69, 9.17) is 4.74 Å². The molecule has 1 heterocycles. The molecule has 0 fully saturated rings. The van der Waals surface area contributed by atoms with Crippen LogP contribution in [0.5, 0.6) is 5.75 Å². The van der Waals surface area contributed by atoms with Crippen LogP contribution < -0.4 is 4.74 Å². The lowest BCUT2D eigenvalue weighted by Crippen LogP contribution is -2.29. The maximum atomic E-state index is 14.0. The third kappa shape index (κ3) is 3.35. The van der Waals surface area contributed by atoms with Gasteiger partial charge < -0.3 is 9.30 Å². The summed E-state index contributed by atoms with van der Waals surface area (Å²) in [5.74, 6) is -0.594. The number of benzene rings is 2. The van der Waals surface area contributed by atoms with Crippen molar-refractivity contribution in [2.75, 3.05) is 0 Å². The predicted octanol–water partition coefficient (Wildman–Crippen LogP) is 4.21. The average molecular weight is 347 g/mol. The van der Waals surface area contributed by atoms with Gasteiger partial charge in [0.1, 0.15) is 23.2 Å². The topological polar surface area (TPSA) is 39.9 Å². The molecule has 0 unspecified atom stereocenters. The molecule has 3 rings (SSSR count). The number of hydrogen-bond donors (Lipinski definition) is 0. The number of hydrogen-bond acceptors (Lipinski definition) is 3. The zero-order chi connectivity index (χ0) is 18.2. The Morgan fingerprint density at radius 1 is 0.920 bits per heavy atom. The SMILES string of the molecule is Cn1c(-c2ccc(F)cc2F)nnc1C(C)(C)Oc1ccc(F)cc1. The molecule has 3 aromatic rings. The number of halogens is 3. The minimum atomic E-state index is -0.908. The van der Waals surface area contributed by atoms with Crippen molar-refractivity contribution in [2.45, 2.75) is 19.4 Å². The molecule has 0 saturated heterocycles. The Balaban J connectivity index is 1.95. The highest BCUT2D eigenvalue weighted by molar-refractivity contribution is 5.56. The second-order valence-corrected chi connectivity index (χ2v) is 6.10. The average Bonchev–Trinajstić information content (AvgIpc) is 2.92. The molecule has 0 bridgehead atoms. The molecule has 0 aliphatic rings. The van der Waals surface area contributed by atoms with Crippen LogP contribution >= 0.6 is 0 Å². The molecular formula is C18H16F3N3O. The summed E-state index contributed by atoms with van der Waals surface area (Å²) in [5.41, 5.74) is -0.769. The van der Waals surface area contributed by atoms with Crippen LogP contribution in [0.25, 0.3) is 11.4 Å². The lowest BCUT2D eigenvalue weighted by atomic mass is 10.1. The summed E-state index contributed by atoms with van der Waals surface area (Å²) in [6.45, 7) is 3.54. The van der Waals surface area contributed by atoms with E-state index < -0.39 is 17.2 Å². The Kier molecular flexibility index (Phi) is 4.24. The van der Waals surface area contributed by atoms with E-state index in [-0.39, 0.29) is 17.2 Å². The first kappa shape index (κ1) is 17.0. The van der Waals surface area contributed by atoms with E-state index in [0.717, 1.165) is 12.1 Å². The molecule has 25 heavy (non-hydrogen) atoms. The molecule has 0 aliphatic carbocycles. The monoisotopic (exact) mass is 347 g/mol. The van der Waals surface area contributed by atoms with Gasteiger partial charge in [-0.3, -0.25) is 0 Å². The Bertz CT molecular complexity index is 904. The van der Waals surface area contributed by atoms with E-state index in [1.54, 1.807) is 25.5 Å². The number of rotatable bonds is 4. The fraction of sp³-hybridized carbons (Fsp3) is 0.222. The van der Waals surface area contributed by atoms with Gasteiger partial charge in [0.25, 0.3) is 0 Å². The summed E-state index contributed by atoms with van der Waals surface area (Å²) in [4.78, 5) is 0. The van der Waals surface area contributed by atoms with Crippen molar-refractivity contribution >= 4 is 0 Å². The van der Waals surface area contributed by atoms with Gasteiger partial charge in [-0.2, -0.15) is 0 Å². The molecule has 0 spiro atoms. The Morgan fingerprint density at radius 3 is 2.20 bits per heavy atom. The van der Waals surface area contributed by atoms with E-state index in [0.29, 0.717) is 11.6 Å². The van der Waals surface area contributed by atoms with Crippen LogP contribution in [-0.4, -0.2) is 14.8 Å². The third-order valence-corrected chi connectivity index (χ3v) is 3.77. The van der Waals surface area contributed by atoms with Crippen LogP contribution in [0.3, 0.4) is 0 Å². The Morgan fingerprint density at radius 2 is 1.56 bits per heavy atom. The molecule has 0 amide bonds. The van der Waals surface area contributed by atoms with E-state index in [1.165, 1.54) is 30.3 Å². The zero-order valence-corrected chi connectivity index (χ0v) is 13.9. The molecule has 1 aromatic heterocycles. The highest BCUT2D eigenvalue weighted by Crippen LogP contribution is 2.29. The van der Waals surface area contributed by atoms with Gasteiger partial charge in [-0.05, 0) is 50.2 Å². The normalized spacial score (nSPS) is 11.6. The minimum absolute atomic E-state index is 0.139. The van der Waals surface area contributed by atoms with Gasteiger partial charge in [0.15, 0.2) is 17.2 Å². The van der Waals surface area contributed by atoms with Gasteiger partial charge in [-0.15, -0.1) is 10.2 Å². The molecule has 4 nitrogen and oxygen atoms in total. The first-order chi connectivity index (χ1) is 11.8. The molecule has 7 heteroatoms. The second kappa shape index (κ2) is 6.23. The molecule has 2 aromatic carbocycles. The molecular weight excluding hydrogens is 331 g/mol. The lowest BCUT2D eigenvalue weighted by Gasteiger charge is -2.25. The summed E-state index contributed by atoms with van der Waals surface area (Å²) in [6, 6.07) is 8.87. The van der Waals surface area contributed by atoms with Crippen LogP contribution in [-0.2, 0) is 12.6 Å². The lowest BCUT2D eigenvalue weighted by molar-refractivity contribution is 0.0948. The number of ether oxygens (including phenoxy) is 1. The van der Waals surface area contributed by atoms with Gasteiger partial charge >= 0.3 is 0 Å². The van der Waals surface area contributed by atoms with Gasteiger partial charge in [-0.1, -0.05) is 0 Å². The standard InChI is InChI=1S/C18H16F3N3O/c1-18(2,25-13-7-4-11(19)5-8-13)17-23-22-16(24(17)3)14-9-6-12(20)10-15(14)21/h4-10H,1-3H3. The van der Waals surface area contributed by atoms with Gasteiger partial charge in [0, 0.05) is 13.1 Å². The minimum Gasteiger partial charge on any atom is -0.480 e. The predicted molar refractivity (Wildman–Crippen MR) is 86.4 cm³/mol.